The molecule has 3 N–H and O–H groups in total. The number of aromatic nitrogens is 3. The maximum atomic E-state index is 9.68. The van der Waals surface area contributed by atoms with E-state index in [2.05, 4.69) is 42.3 Å². The number of nitrogens with two attached hydrogens (primary N) is 1. The molecule has 0 saturated carbocycles. The van der Waals surface area contributed by atoms with E-state index in [0.717, 1.165) is 5.69 Å². The van der Waals surface area contributed by atoms with Gasteiger partial charge in [0.05, 0.1) is 19.8 Å². The predicted molar refractivity (Wildman–Crippen MR) is 115 cm³/mol. The Bertz CT molecular complexity index is 1100. The maximum Gasteiger partial charge on any atom is 0.232 e. The van der Waals surface area contributed by atoms with Crippen molar-refractivity contribution in [2.45, 2.75) is 0 Å². The Morgan fingerprint density at radius 2 is 1.79 bits per heavy atom. The van der Waals surface area contributed by atoms with Crippen LogP contribution < -0.4 is 20.5 Å². The number of allylic oxidation sites excluding steroid dienone is 1. The number of halogens is 1. The SMILES string of the molecule is COc1cc(Br)c(/C=C(\C#N)c2nc(N)nc(Nc3ccccc3)n2)cc1OC. The van der Waals surface area contributed by atoms with E-state index in [1.807, 2.05) is 30.3 Å². The van der Waals surface area contributed by atoms with Crippen molar-refractivity contribution in [3.8, 4) is 17.6 Å². The first-order valence-corrected chi connectivity index (χ1v) is 9.20. The number of hydrogen-bond acceptors (Lipinski definition) is 8. The molecule has 2 aromatic carbocycles. The fraction of sp³-hybridized carbons (Fsp3) is 0.100. The number of anilines is 3. The second kappa shape index (κ2) is 9.03. The molecule has 0 atom stereocenters. The topological polar surface area (TPSA) is 119 Å². The van der Waals surface area contributed by atoms with E-state index in [-0.39, 0.29) is 23.3 Å². The summed E-state index contributed by atoms with van der Waals surface area (Å²) in [7, 11) is 3.09. The molecule has 0 bridgehead atoms. The van der Waals surface area contributed by atoms with Gasteiger partial charge in [0.15, 0.2) is 17.3 Å². The number of rotatable bonds is 6. The predicted octanol–water partition coefficient (Wildman–Crippen LogP) is 4.04. The van der Waals surface area contributed by atoms with Crippen molar-refractivity contribution in [1.82, 2.24) is 15.0 Å². The lowest BCUT2D eigenvalue weighted by atomic mass is 10.1. The smallest absolute Gasteiger partial charge is 0.232 e. The standard InChI is InChI=1S/C20H17BrN6O2/c1-28-16-9-12(15(21)10-17(16)29-2)8-13(11-22)18-25-19(23)27-20(26-18)24-14-6-4-3-5-7-14/h3-10H,1-2H3,(H3,23,24,25,26,27)/b13-8+. The number of nitrogens with zero attached hydrogens (tertiary/aromatic N) is 4. The van der Waals surface area contributed by atoms with E-state index in [1.165, 1.54) is 0 Å². The van der Waals surface area contributed by atoms with Gasteiger partial charge in [-0.25, -0.2) is 0 Å². The highest BCUT2D eigenvalue weighted by Gasteiger charge is 2.13. The second-order valence-electron chi connectivity index (χ2n) is 5.73. The molecule has 1 aromatic heterocycles. The number of nitrogen functional groups attached to an aromatic ring is 1. The van der Waals surface area contributed by atoms with Crippen LogP contribution >= 0.6 is 15.9 Å². The van der Waals surface area contributed by atoms with Crippen LogP contribution in [0.25, 0.3) is 11.6 Å². The molecule has 9 heteroatoms. The van der Waals surface area contributed by atoms with Gasteiger partial charge < -0.3 is 20.5 Å². The molecule has 0 radical (unpaired) electrons. The van der Waals surface area contributed by atoms with Gasteiger partial charge in [-0.15, -0.1) is 0 Å². The zero-order valence-electron chi connectivity index (χ0n) is 15.7. The van der Waals surface area contributed by atoms with Crippen molar-refractivity contribution in [3.63, 3.8) is 0 Å². The summed E-state index contributed by atoms with van der Waals surface area (Å²) in [5, 5.41) is 12.7. The fourth-order valence-corrected chi connectivity index (χ4v) is 2.94. The molecule has 146 valence electrons. The number of nitriles is 1. The molecule has 0 saturated heterocycles. The van der Waals surface area contributed by atoms with Crippen molar-refractivity contribution < 1.29 is 9.47 Å². The molecular formula is C20H17BrN6O2. The molecule has 0 aliphatic heterocycles. The summed E-state index contributed by atoms with van der Waals surface area (Å²) in [6.07, 6.45) is 1.63. The monoisotopic (exact) mass is 452 g/mol. The summed E-state index contributed by atoms with van der Waals surface area (Å²) >= 11 is 3.47. The Labute approximate surface area is 176 Å². The molecule has 0 aliphatic carbocycles. The molecule has 0 spiro atoms. The van der Waals surface area contributed by atoms with Gasteiger partial charge >= 0.3 is 0 Å². The van der Waals surface area contributed by atoms with Crippen LogP contribution in [-0.2, 0) is 0 Å². The van der Waals surface area contributed by atoms with Crippen LogP contribution in [-0.4, -0.2) is 29.2 Å². The number of nitrogens with one attached hydrogen (secondary N) is 1. The van der Waals surface area contributed by atoms with E-state index in [4.69, 9.17) is 15.2 Å². The Morgan fingerprint density at radius 3 is 2.45 bits per heavy atom. The number of hydrogen-bond donors (Lipinski definition) is 2. The third-order valence-electron chi connectivity index (χ3n) is 3.85. The first-order chi connectivity index (χ1) is 14.0. The van der Waals surface area contributed by atoms with Crippen LogP contribution in [0.1, 0.15) is 11.4 Å². The van der Waals surface area contributed by atoms with Crippen molar-refractivity contribution in [3.05, 3.63) is 58.3 Å². The third-order valence-corrected chi connectivity index (χ3v) is 4.53. The maximum absolute atomic E-state index is 9.68. The van der Waals surface area contributed by atoms with Crippen molar-refractivity contribution in [2.75, 3.05) is 25.3 Å². The molecular weight excluding hydrogens is 436 g/mol. The van der Waals surface area contributed by atoms with Crippen LogP contribution in [0.3, 0.4) is 0 Å². The van der Waals surface area contributed by atoms with E-state index in [0.29, 0.717) is 21.5 Å². The zero-order valence-corrected chi connectivity index (χ0v) is 17.3. The van der Waals surface area contributed by atoms with Crippen molar-refractivity contribution in [1.29, 1.82) is 5.26 Å². The summed E-state index contributed by atoms with van der Waals surface area (Å²) in [5.41, 5.74) is 7.52. The summed E-state index contributed by atoms with van der Waals surface area (Å²) in [4.78, 5) is 12.5. The number of methoxy groups -OCH3 is 2. The Hall–Kier alpha value is -3.64. The average molecular weight is 453 g/mol. The Morgan fingerprint density at radius 1 is 1.10 bits per heavy atom. The van der Waals surface area contributed by atoms with Crippen LogP contribution in [0.5, 0.6) is 11.5 Å². The highest BCUT2D eigenvalue weighted by atomic mass is 79.9. The molecule has 3 aromatic rings. The van der Waals surface area contributed by atoms with Crippen LogP contribution in [0.4, 0.5) is 17.6 Å². The van der Waals surface area contributed by atoms with Gasteiger partial charge in [-0.05, 0) is 35.9 Å². The quantitative estimate of drug-likeness (QED) is 0.537. The molecule has 0 aliphatic rings. The summed E-state index contributed by atoms with van der Waals surface area (Å²) in [6.45, 7) is 0. The third kappa shape index (κ3) is 4.80. The van der Waals surface area contributed by atoms with E-state index >= 15 is 0 Å². The molecule has 0 unspecified atom stereocenters. The first kappa shape index (κ1) is 20.1. The highest BCUT2D eigenvalue weighted by Crippen LogP contribution is 2.35. The van der Waals surface area contributed by atoms with Crippen molar-refractivity contribution in [2.24, 2.45) is 0 Å². The van der Waals surface area contributed by atoms with Crippen molar-refractivity contribution >= 4 is 45.2 Å². The van der Waals surface area contributed by atoms with Crippen LogP contribution in [0.2, 0.25) is 0 Å². The fourth-order valence-electron chi connectivity index (χ4n) is 2.50. The van der Waals surface area contributed by atoms with Gasteiger partial charge in [0.2, 0.25) is 11.9 Å². The number of ether oxygens (including phenoxy) is 2. The summed E-state index contributed by atoms with van der Waals surface area (Å²) in [6, 6.07) is 15.0. The van der Waals surface area contributed by atoms with Gasteiger partial charge in [0.25, 0.3) is 0 Å². The lowest BCUT2D eigenvalue weighted by Gasteiger charge is -2.10. The normalized spacial score (nSPS) is 10.9. The minimum atomic E-state index is 0.000887. The van der Waals surface area contributed by atoms with Crippen LogP contribution in [0, 0.1) is 11.3 Å². The van der Waals surface area contributed by atoms with E-state index in [1.54, 1.807) is 32.4 Å². The van der Waals surface area contributed by atoms with Crippen LogP contribution in [0.15, 0.2) is 46.9 Å². The van der Waals surface area contributed by atoms with Gasteiger partial charge in [-0.3, -0.25) is 0 Å². The minimum absolute atomic E-state index is 0.000887. The lowest BCUT2D eigenvalue weighted by Crippen LogP contribution is -2.06. The first-order valence-electron chi connectivity index (χ1n) is 8.41. The molecule has 3 rings (SSSR count). The van der Waals surface area contributed by atoms with Gasteiger partial charge in [0, 0.05) is 10.2 Å². The molecule has 1 heterocycles. The Balaban J connectivity index is 2.01. The second-order valence-corrected chi connectivity index (χ2v) is 6.58. The number of benzene rings is 2. The Kier molecular flexibility index (Phi) is 6.26. The number of para-hydroxylation sites is 1. The van der Waals surface area contributed by atoms with E-state index < -0.39 is 0 Å². The van der Waals surface area contributed by atoms with Gasteiger partial charge in [-0.2, -0.15) is 20.2 Å². The molecule has 0 fully saturated rings. The highest BCUT2D eigenvalue weighted by molar-refractivity contribution is 9.10. The molecule has 0 amide bonds. The lowest BCUT2D eigenvalue weighted by molar-refractivity contribution is 0.354. The minimum Gasteiger partial charge on any atom is -0.493 e. The molecule has 29 heavy (non-hydrogen) atoms. The van der Waals surface area contributed by atoms with Gasteiger partial charge in [0.1, 0.15) is 6.07 Å². The summed E-state index contributed by atoms with van der Waals surface area (Å²) < 4.78 is 11.3. The average Bonchev–Trinajstić information content (AvgIpc) is 2.72. The van der Waals surface area contributed by atoms with E-state index in [9.17, 15) is 5.26 Å². The van der Waals surface area contributed by atoms with Gasteiger partial charge in [-0.1, -0.05) is 34.1 Å². The zero-order chi connectivity index (χ0) is 20.8. The largest absolute Gasteiger partial charge is 0.493 e. The summed E-state index contributed by atoms with van der Waals surface area (Å²) in [5.74, 6) is 1.49. The molecule has 8 nitrogen and oxygen atoms in total.